The first-order chi connectivity index (χ1) is 7.25. The number of hydrogen-bond acceptors (Lipinski definition) is 5. The Kier molecular flexibility index (Phi) is 2.86. The van der Waals surface area contributed by atoms with Crippen LogP contribution in [-0.4, -0.2) is 15.0 Å². The monoisotopic (exact) mass is 224 g/mol. The summed E-state index contributed by atoms with van der Waals surface area (Å²) in [7, 11) is 0. The van der Waals surface area contributed by atoms with E-state index in [0.717, 1.165) is 17.4 Å². The quantitative estimate of drug-likeness (QED) is 0.868. The summed E-state index contributed by atoms with van der Waals surface area (Å²) in [5.41, 5.74) is 0. The molecule has 1 N–H and O–H groups in total. The van der Waals surface area contributed by atoms with Gasteiger partial charge in [0.25, 0.3) is 0 Å². The van der Waals surface area contributed by atoms with Crippen LogP contribution >= 0.6 is 11.3 Å². The van der Waals surface area contributed by atoms with E-state index in [1.807, 2.05) is 12.3 Å². The fourth-order valence-corrected chi connectivity index (χ4v) is 1.74. The third kappa shape index (κ3) is 2.47. The van der Waals surface area contributed by atoms with Gasteiger partial charge < -0.3 is 5.32 Å². The number of rotatable bonds is 3. The second kappa shape index (κ2) is 4.31. The summed E-state index contributed by atoms with van der Waals surface area (Å²) >= 11 is 1.55. The Labute approximate surface area is 90.2 Å². The highest BCUT2D eigenvalue weighted by Crippen LogP contribution is 2.18. The van der Waals surface area contributed by atoms with Crippen molar-refractivity contribution in [2.75, 3.05) is 5.32 Å². The van der Waals surface area contributed by atoms with Crippen LogP contribution in [0.1, 0.15) is 18.0 Å². The molecule has 1 unspecified atom stereocenters. The van der Waals surface area contributed by atoms with E-state index >= 15 is 0 Å². The molecule has 0 aliphatic rings. The normalized spacial score (nSPS) is 12.4. The summed E-state index contributed by atoms with van der Waals surface area (Å²) in [6.45, 7) is 1.95. The van der Waals surface area contributed by atoms with Crippen LogP contribution in [0.25, 0.3) is 0 Å². The minimum absolute atomic E-state index is 0.0236. The van der Waals surface area contributed by atoms with Crippen molar-refractivity contribution in [2.24, 2.45) is 0 Å². The van der Waals surface area contributed by atoms with Gasteiger partial charge in [0.1, 0.15) is 5.01 Å². The van der Waals surface area contributed by atoms with Crippen molar-refractivity contribution in [3.05, 3.63) is 34.8 Å². The van der Waals surface area contributed by atoms with Crippen LogP contribution in [0.5, 0.6) is 0 Å². The molecule has 0 saturated carbocycles. The van der Waals surface area contributed by atoms with Crippen molar-refractivity contribution < 1.29 is 4.39 Å². The molecule has 0 spiro atoms. The zero-order chi connectivity index (χ0) is 10.7. The van der Waals surface area contributed by atoms with Gasteiger partial charge in [-0.2, -0.15) is 0 Å². The minimum atomic E-state index is -0.442. The number of nitrogens with zero attached hydrogens (tertiary/aromatic N) is 3. The molecule has 0 radical (unpaired) electrons. The lowest BCUT2D eigenvalue weighted by Crippen LogP contribution is -2.08. The molecule has 0 saturated heterocycles. The Hall–Kier alpha value is -1.56. The Bertz CT molecular complexity index is 414. The van der Waals surface area contributed by atoms with Crippen LogP contribution in [0.15, 0.2) is 24.0 Å². The molecule has 15 heavy (non-hydrogen) atoms. The number of thiazole rings is 1. The molecule has 0 fully saturated rings. The van der Waals surface area contributed by atoms with Gasteiger partial charge >= 0.3 is 0 Å². The van der Waals surface area contributed by atoms with Crippen LogP contribution in [0.2, 0.25) is 0 Å². The average Bonchev–Trinajstić information content (AvgIpc) is 2.74. The first-order valence-electron chi connectivity index (χ1n) is 4.39. The van der Waals surface area contributed by atoms with Crippen LogP contribution in [0.4, 0.5) is 10.3 Å². The van der Waals surface area contributed by atoms with Gasteiger partial charge in [-0.15, -0.1) is 11.3 Å². The topological polar surface area (TPSA) is 50.7 Å². The molecule has 2 aromatic rings. The van der Waals surface area contributed by atoms with Gasteiger partial charge in [-0.05, 0) is 6.92 Å². The van der Waals surface area contributed by atoms with E-state index in [9.17, 15) is 4.39 Å². The van der Waals surface area contributed by atoms with Crippen molar-refractivity contribution in [3.63, 3.8) is 0 Å². The second-order valence-corrected chi connectivity index (χ2v) is 3.89. The Morgan fingerprint density at radius 2 is 2.07 bits per heavy atom. The Morgan fingerprint density at radius 3 is 2.67 bits per heavy atom. The number of halogens is 1. The molecule has 6 heteroatoms. The van der Waals surface area contributed by atoms with Crippen LogP contribution < -0.4 is 5.32 Å². The third-order valence-corrected chi connectivity index (χ3v) is 2.75. The predicted molar refractivity (Wildman–Crippen MR) is 56.1 cm³/mol. The van der Waals surface area contributed by atoms with Crippen molar-refractivity contribution >= 4 is 17.3 Å². The third-order valence-electron chi connectivity index (χ3n) is 1.79. The Balaban J connectivity index is 2.06. The lowest BCUT2D eigenvalue weighted by molar-refractivity contribution is 0.613. The molecule has 0 aromatic carbocycles. The number of nitrogens with one attached hydrogen (secondary N) is 1. The summed E-state index contributed by atoms with van der Waals surface area (Å²) in [6, 6.07) is 0.0236. The smallest absolute Gasteiger partial charge is 0.223 e. The zero-order valence-electron chi connectivity index (χ0n) is 8.01. The van der Waals surface area contributed by atoms with Crippen molar-refractivity contribution in [1.29, 1.82) is 0 Å². The summed E-state index contributed by atoms with van der Waals surface area (Å²) in [5.74, 6) is -0.0402. The van der Waals surface area contributed by atoms with Crippen LogP contribution in [-0.2, 0) is 0 Å². The molecular weight excluding hydrogens is 215 g/mol. The maximum Gasteiger partial charge on any atom is 0.223 e. The molecule has 0 aliphatic heterocycles. The van der Waals surface area contributed by atoms with Gasteiger partial charge in [0.05, 0.1) is 18.4 Å². The predicted octanol–water partition coefficient (Wildman–Crippen LogP) is 2.25. The van der Waals surface area contributed by atoms with Gasteiger partial charge in [0.2, 0.25) is 5.95 Å². The standard InChI is InChI=1S/C9H9FN4S/c1-6(8-11-2-3-15-8)14-9-12-4-7(10)5-13-9/h2-6H,1H3,(H,12,13,14). The van der Waals surface area contributed by atoms with Crippen LogP contribution in [0.3, 0.4) is 0 Å². The summed E-state index contributed by atoms with van der Waals surface area (Å²) < 4.78 is 12.5. The fraction of sp³-hybridized carbons (Fsp3) is 0.222. The molecule has 2 heterocycles. The van der Waals surface area contributed by atoms with Crippen molar-refractivity contribution in [3.8, 4) is 0 Å². The first kappa shape index (κ1) is 9.97. The van der Waals surface area contributed by atoms with E-state index in [1.165, 1.54) is 0 Å². The molecular formula is C9H9FN4S. The maximum absolute atomic E-state index is 12.5. The van der Waals surface area contributed by atoms with Gasteiger partial charge in [0, 0.05) is 11.6 Å². The highest BCUT2D eigenvalue weighted by Gasteiger charge is 2.08. The second-order valence-electron chi connectivity index (χ2n) is 2.96. The molecule has 0 aliphatic carbocycles. The van der Waals surface area contributed by atoms with Gasteiger partial charge in [-0.1, -0.05) is 0 Å². The molecule has 0 bridgehead atoms. The highest BCUT2D eigenvalue weighted by atomic mass is 32.1. The van der Waals surface area contributed by atoms with Gasteiger partial charge in [0.15, 0.2) is 5.82 Å². The SMILES string of the molecule is CC(Nc1ncc(F)cn1)c1nccs1. The highest BCUT2D eigenvalue weighted by molar-refractivity contribution is 7.09. The lowest BCUT2D eigenvalue weighted by atomic mass is 10.4. The number of aromatic nitrogens is 3. The number of hydrogen-bond donors (Lipinski definition) is 1. The maximum atomic E-state index is 12.5. The fourth-order valence-electron chi connectivity index (χ4n) is 1.09. The average molecular weight is 224 g/mol. The molecule has 0 amide bonds. The zero-order valence-corrected chi connectivity index (χ0v) is 8.83. The van der Waals surface area contributed by atoms with E-state index in [0.29, 0.717) is 5.95 Å². The first-order valence-corrected chi connectivity index (χ1v) is 5.27. The molecule has 1 atom stereocenters. The van der Waals surface area contributed by atoms with E-state index in [4.69, 9.17) is 0 Å². The largest absolute Gasteiger partial charge is 0.345 e. The molecule has 78 valence electrons. The minimum Gasteiger partial charge on any atom is -0.345 e. The lowest BCUT2D eigenvalue weighted by Gasteiger charge is -2.09. The Morgan fingerprint density at radius 1 is 1.33 bits per heavy atom. The van der Waals surface area contributed by atoms with Crippen LogP contribution in [0, 0.1) is 5.82 Å². The van der Waals surface area contributed by atoms with E-state index < -0.39 is 5.82 Å². The van der Waals surface area contributed by atoms with Crippen molar-refractivity contribution in [2.45, 2.75) is 13.0 Å². The van der Waals surface area contributed by atoms with E-state index in [1.54, 1.807) is 17.5 Å². The van der Waals surface area contributed by atoms with E-state index in [-0.39, 0.29) is 6.04 Å². The molecule has 2 aromatic heterocycles. The summed E-state index contributed by atoms with van der Waals surface area (Å²) in [4.78, 5) is 11.8. The van der Waals surface area contributed by atoms with Gasteiger partial charge in [-0.25, -0.2) is 19.3 Å². The molecule has 4 nitrogen and oxygen atoms in total. The van der Waals surface area contributed by atoms with Crippen molar-refractivity contribution in [1.82, 2.24) is 15.0 Å². The molecule has 2 rings (SSSR count). The van der Waals surface area contributed by atoms with Gasteiger partial charge in [-0.3, -0.25) is 0 Å². The summed E-state index contributed by atoms with van der Waals surface area (Å²) in [5, 5.41) is 5.88. The van der Waals surface area contributed by atoms with E-state index in [2.05, 4.69) is 20.3 Å². The number of anilines is 1. The summed E-state index contributed by atoms with van der Waals surface area (Å²) in [6.07, 6.45) is 4.00.